The first-order chi connectivity index (χ1) is 6.06. The van der Waals surface area contributed by atoms with E-state index in [-0.39, 0.29) is 0 Å². The van der Waals surface area contributed by atoms with Crippen LogP contribution in [0.2, 0.25) is 0 Å². The lowest BCUT2D eigenvalue weighted by Crippen LogP contribution is -2.32. The molecule has 2 unspecified atom stereocenters. The van der Waals surface area contributed by atoms with Crippen molar-refractivity contribution in [2.45, 2.75) is 38.7 Å². The van der Waals surface area contributed by atoms with E-state index in [9.17, 15) is 5.11 Å². The van der Waals surface area contributed by atoms with Crippen molar-refractivity contribution in [1.29, 1.82) is 0 Å². The Balaban J connectivity index is 2.69. The van der Waals surface area contributed by atoms with E-state index in [0.29, 0.717) is 5.92 Å². The van der Waals surface area contributed by atoms with E-state index in [0.717, 1.165) is 19.3 Å². The van der Waals surface area contributed by atoms with Gasteiger partial charge in [0.25, 0.3) is 0 Å². The van der Waals surface area contributed by atoms with Gasteiger partial charge in [0.05, 0.1) is 5.60 Å². The Labute approximate surface area is 80.5 Å². The van der Waals surface area contributed by atoms with Gasteiger partial charge < -0.3 is 5.11 Å². The second-order valence-corrected chi connectivity index (χ2v) is 4.10. The molecule has 0 saturated heterocycles. The topological polar surface area (TPSA) is 20.2 Å². The summed E-state index contributed by atoms with van der Waals surface area (Å²) < 4.78 is 0. The zero-order valence-electron chi connectivity index (χ0n) is 8.51. The summed E-state index contributed by atoms with van der Waals surface area (Å²) in [5.74, 6) is 0.324. The molecule has 0 radical (unpaired) electrons. The highest BCUT2D eigenvalue weighted by Crippen LogP contribution is 2.32. The van der Waals surface area contributed by atoms with Crippen LogP contribution in [0.15, 0.2) is 30.0 Å². The molecule has 0 aromatic carbocycles. The van der Waals surface area contributed by atoms with E-state index >= 15 is 0 Å². The first kappa shape index (κ1) is 10.3. The summed E-state index contributed by atoms with van der Waals surface area (Å²) in [6.07, 6.45) is 7.03. The van der Waals surface area contributed by atoms with Crippen LogP contribution in [-0.4, -0.2) is 10.7 Å². The highest BCUT2D eigenvalue weighted by molar-refractivity contribution is 5.09. The summed E-state index contributed by atoms with van der Waals surface area (Å²) in [6.45, 7) is 7.48. The summed E-state index contributed by atoms with van der Waals surface area (Å²) in [5, 5.41) is 10.0. The van der Waals surface area contributed by atoms with Gasteiger partial charge >= 0.3 is 0 Å². The fourth-order valence-corrected chi connectivity index (χ4v) is 1.82. The van der Waals surface area contributed by atoms with E-state index in [1.807, 2.05) is 6.92 Å². The van der Waals surface area contributed by atoms with E-state index in [1.54, 1.807) is 6.08 Å². The molecular weight excluding hydrogens is 160 g/mol. The number of aliphatic hydroxyl groups is 1. The lowest BCUT2D eigenvalue weighted by molar-refractivity contribution is 0.0412. The summed E-state index contributed by atoms with van der Waals surface area (Å²) >= 11 is 0. The van der Waals surface area contributed by atoms with E-state index < -0.39 is 5.60 Å². The largest absolute Gasteiger partial charge is 0.385 e. The quantitative estimate of drug-likeness (QED) is 0.509. The molecule has 0 aliphatic heterocycles. The smallest absolute Gasteiger partial charge is 0.0903 e. The molecule has 0 aromatic rings. The van der Waals surface area contributed by atoms with Crippen LogP contribution in [0.3, 0.4) is 0 Å². The fourth-order valence-electron chi connectivity index (χ4n) is 1.82. The number of allylic oxidation sites excluding steroid dienone is 2. The van der Waals surface area contributed by atoms with E-state index in [1.165, 1.54) is 5.57 Å². The van der Waals surface area contributed by atoms with Crippen molar-refractivity contribution in [3.05, 3.63) is 30.0 Å². The molecule has 0 saturated carbocycles. The maximum Gasteiger partial charge on any atom is 0.0903 e. The van der Waals surface area contributed by atoms with Gasteiger partial charge in [-0.25, -0.2) is 0 Å². The molecule has 72 valence electrons. The zero-order chi connectivity index (χ0) is 9.90. The maximum atomic E-state index is 10.0. The standard InChI is InChI=1S/C12H18O/c1-4-9-12(3,13)11-7-5-10(2)6-8-11/h5,9,11,13H,1,6-8H2,2-3H3. The molecule has 1 aliphatic carbocycles. The van der Waals surface area contributed by atoms with Crippen molar-refractivity contribution in [2.24, 2.45) is 5.92 Å². The molecular formula is C12H18O. The van der Waals surface area contributed by atoms with Crippen LogP contribution in [-0.2, 0) is 0 Å². The van der Waals surface area contributed by atoms with E-state index in [2.05, 4.69) is 25.3 Å². The third kappa shape index (κ3) is 2.58. The van der Waals surface area contributed by atoms with Crippen LogP contribution < -0.4 is 0 Å². The first-order valence-corrected chi connectivity index (χ1v) is 4.81. The Morgan fingerprint density at radius 1 is 1.77 bits per heavy atom. The number of hydrogen-bond donors (Lipinski definition) is 1. The normalized spacial score (nSPS) is 27.0. The van der Waals surface area contributed by atoms with Crippen LogP contribution >= 0.6 is 0 Å². The second kappa shape index (κ2) is 3.95. The van der Waals surface area contributed by atoms with Crippen molar-refractivity contribution < 1.29 is 5.11 Å². The van der Waals surface area contributed by atoms with Gasteiger partial charge in [0.2, 0.25) is 0 Å². The van der Waals surface area contributed by atoms with Gasteiger partial charge in [-0.1, -0.05) is 18.2 Å². The Morgan fingerprint density at radius 2 is 2.46 bits per heavy atom. The summed E-state index contributed by atoms with van der Waals surface area (Å²) in [4.78, 5) is 0. The Kier molecular flexibility index (Phi) is 3.13. The average molecular weight is 178 g/mol. The third-order valence-electron chi connectivity index (χ3n) is 2.86. The predicted octanol–water partition coefficient (Wildman–Crippen LogP) is 2.82. The third-order valence-corrected chi connectivity index (χ3v) is 2.86. The predicted molar refractivity (Wildman–Crippen MR) is 55.4 cm³/mol. The monoisotopic (exact) mass is 178 g/mol. The van der Waals surface area contributed by atoms with E-state index in [4.69, 9.17) is 0 Å². The summed E-state index contributed by atoms with van der Waals surface area (Å²) in [5.41, 5.74) is 3.37. The lowest BCUT2D eigenvalue weighted by atomic mass is 9.79. The van der Waals surface area contributed by atoms with Crippen molar-refractivity contribution in [1.82, 2.24) is 0 Å². The molecule has 0 fully saturated rings. The van der Waals surface area contributed by atoms with Gasteiger partial charge in [0.1, 0.15) is 0 Å². The van der Waals surface area contributed by atoms with Gasteiger partial charge in [-0.05, 0) is 45.1 Å². The molecule has 0 spiro atoms. The zero-order valence-corrected chi connectivity index (χ0v) is 8.51. The Morgan fingerprint density at radius 3 is 2.92 bits per heavy atom. The number of hydrogen-bond acceptors (Lipinski definition) is 1. The SMILES string of the molecule is C=C=CC(C)(O)C1CC=C(C)CC1. The molecule has 1 nitrogen and oxygen atoms in total. The van der Waals surface area contributed by atoms with Gasteiger partial charge in [0.15, 0.2) is 0 Å². The van der Waals surface area contributed by atoms with Crippen LogP contribution in [0.1, 0.15) is 33.1 Å². The van der Waals surface area contributed by atoms with Gasteiger partial charge in [-0.2, -0.15) is 0 Å². The fraction of sp³-hybridized carbons (Fsp3) is 0.583. The van der Waals surface area contributed by atoms with Crippen LogP contribution in [0, 0.1) is 5.92 Å². The average Bonchev–Trinajstić information content (AvgIpc) is 2.05. The Hall–Kier alpha value is -0.780. The summed E-state index contributed by atoms with van der Waals surface area (Å²) in [6, 6.07) is 0. The van der Waals surface area contributed by atoms with Gasteiger partial charge in [-0.3, -0.25) is 0 Å². The molecule has 1 heteroatoms. The minimum Gasteiger partial charge on any atom is -0.385 e. The van der Waals surface area contributed by atoms with Crippen molar-refractivity contribution in [3.8, 4) is 0 Å². The molecule has 1 rings (SSSR count). The molecule has 1 aliphatic rings. The number of rotatable bonds is 2. The van der Waals surface area contributed by atoms with Gasteiger partial charge in [0, 0.05) is 0 Å². The molecule has 0 heterocycles. The minimum atomic E-state index is -0.737. The van der Waals surface area contributed by atoms with Crippen LogP contribution in [0.5, 0.6) is 0 Å². The molecule has 0 amide bonds. The maximum absolute atomic E-state index is 10.0. The molecule has 0 aromatic heterocycles. The molecule has 13 heavy (non-hydrogen) atoms. The highest BCUT2D eigenvalue weighted by atomic mass is 16.3. The van der Waals surface area contributed by atoms with Crippen molar-refractivity contribution in [2.75, 3.05) is 0 Å². The molecule has 1 N–H and O–H groups in total. The second-order valence-electron chi connectivity index (χ2n) is 4.10. The van der Waals surface area contributed by atoms with Crippen molar-refractivity contribution >= 4 is 0 Å². The first-order valence-electron chi connectivity index (χ1n) is 4.81. The van der Waals surface area contributed by atoms with Crippen LogP contribution in [0.25, 0.3) is 0 Å². The van der Waals surface area contributed by atoms with Crippen LogP contribution in [0.4, 0.5) is 0 Å². The summed E-state index contributed by atoms with van der Waals surface area (Å²) in [7, 11) is 0. The highest BCUT2D eigenvalue weighted by Gasteiger charge is 2.29. The minimum absolute atomic E-state index is 0.324. The van der Waals surface area contributed by atoms with Crippen molar-refractivity contribution in [3.63, 3.8) is 0 Å². The Bertz CT molecular complexity index is 254. The van der Waals surface area contributed by atoms with Gasteiger partial charge in [-0.15, -0.1) is 5.73 Å². The molecule has 2 atom stereocenters. The lowest BCUT2D eigenvalue weighted by Gasteiger charge is -2.31. The molecule has 0 bridgehead atoms.